The number of rotatable bonds is 6. The summed E-state index contributed by atoms with van der Waals surface area (Å²) < 4.78 is 80.5. The summed E-state index contributed by atoms with van der Waals surface area (Å²) >= 11 is 0. The van der Waals surface area contributed by atoms with Gasteiger partial charge >= 0.3 is 18.3 Å². The number of amides is 1. The summed E-state index contributed by atoms with van der Waals surface area (Å²) in [6.45, 7) is -0.214. The van der Waals surface area contributed by atoms with Crippen molar-refractivity contribution in [1.29, 1.82) is 0 Å². The molecule has 1 amide bonds. The van der Waals surface area contributed by atoms with E-state index in [1.54, 1.807) is 0 Å². The molecule has 3 aromatic rings. The van der Waals surface area contributed by atoms with E-state index in [1.165, 1.54) is 30.3 Å². The molecule has 0 fully saturated rings. The van der Waals surface area contributed by atoms with Gasteiger partial charge in [-0.3, -0.25) is 9.48 Å². The van der Waals surface area contributed by atoms with Crippen LogP contribution in [0.25, 0.3) is 0 Å². The van der Waals surface area contributed by atoms with E-state index in [9.17, 15) is 35.9 Å². The molecular formula is C22H17F6N3O3. The maximum absolute atomic E-state index is 13.7. The van der Waals surface area contributed by atoms with Crippen molar-refractivity contribution in [2.75, 3.05) is 0 Å². The number of hydrogen-bond acceptors (Lipinski definition) is 3. The van der Waals surface area contributed by atoms with Crippen molar-refractivity contribution in [2.45, 2.75) is 25.3 Å². The number of nitrogens with one attached hydrogen (secondary N) is 1. The molecule has 3 rings (SSSR count). The van der Waals surface area contributed by atoms with Gasteiger partial charge in [-0.05, 0) is 29.3 Å². The summed E-state index contributed by atoms with van der Waals surface area (Å²) in [5, 5.41) is 15.0. The van der Waals surface area contributed by atoms with Crippen molar-refractivity contribution in [1.82, 2.24) is 15.1 Å². The first-order valence-corrected chi connectivity index (χ1v) is 9.67. The van der Waals surface area contributed by atoms with Gasteiger partial charge in [0.1, 0.15) is 0 Å². The van der Waals surface area contributed by atoms with E-state index in [0.29, 0.717) is 10.2 Å². The average Bonchev–Trinajstić information content (AvgIpc) is 3.08. The Morgan fingerprint density at radius 2 is 1.62 bits per heavy atom. The van der Waals surface area contributed by atoms with E-state index in [2.05, 4.69) is 10.4 Å². The molecule has 1 heterocycles. The SMILES string of the molecule is Cn1nc(Cc2cccc(C(F)(F)F)c2)c(C(=O)NCc2ccc(C(=O)O)cc2)c1C(F)(F)F. The summed E-state index contributed by atoms with van der Waals surface area (Å²) in [5.41, 5.74) is -3.01. The van der Waals surface area contributed by atoms with Gasteiger partial charge in [0.2, 0.25) is 0 Å². The molecule has 6 nitrogen and oxygen atoms in total. The quantitative estimate of drug-likeness (QED) is 0.497. The fourth-order valence-electron chi connectivity index (χ4n) is 3.35. The number of alkyl halides is 6. The highest BCUT2D eigenvalue weighted by atomic mass is 19.4. The van der Waals surface area contributed by atoms with Crippen molar-refractivity contribution < 1.29 is 41.0 Å². The van der Waals surface area contributed by atoms with Gasteiger partial charge in [-0.1, -0.05) is 30.3 Å². The lowest BCUT2D eigenvalue weighted by Gasteiger charge is -2.12. The van der Waals surface area contributed by atoms with Gasteiger partial charge in [0.15, 0.2) is 5.69 Å². The van der Waals surface area contributed by atoms with Crippen molar-refractivity contribution in [3.05, 3.63) is 87.7 Å². The summed E-state index contributed by atoms with van der Waals surface area (Å²) in [6.07, 6.45) is -10.0. The molecule has 0 spiro atoms. The van der Waals surface area contributed by atoms with E-state index in [1.807, 2.05) is 0 Å². The van der Waals surface area contributed by atoms with Crippen LogP contribution in [0.3, 0.4) is 0 Å². The van der Waals surface area contributed by atoms with Gasteiger partial charge in [-0.2, -0.15) is 31.4 Å². The van der Waals surface area contributed by atoms with E-state index < -0.39 is 47.5 Å². The Hall–Kier alpha value is -3.83. The Morgan fingerprint density at radius 1 is 0.971 bits per heavy atom. The van der Waals surface area contributed by atoms with Crippen LogP contribution in [0.4, 0.5) is 26.3 Å². The molecule has 34 heavy (non-hydrogen) atoms. The molecule has 0 saturated carbocycles. The fourth-order valence-corrected chi connectivity index (χ4v) is 3.35. The number of halogens is 6. The van der Waals surface area contributed by atoms with Crippen LogP contribution in [-0.2, 0) is 32.4 Å². The van der Waals surface area contributed by atoms with E-state index in [-0.39, 0.29) is 23.4 Å². The molecule has 0 saturated heterocycles. The van der Waals surface area contributed by atoms with E-state index >= 15 is 0 Å². The molecule has 0 radical (unpaired) electrons. The number of carbonyl (C=O) groups excluding carboxylic acids is 1. The second kappa shape index (κ2) is 9.20. The van der Waals surface area contributed by atoms with Gasteiger partial charge in [-0.25, -0.2) is 4.79 Å². The maximum Gasteiger partial charge on any atom is 0.433 e. The number of aromatic nitrogens is 2. The number of carboxylic acid groups (broad SMARTS) is 1. The van der Waals surface area contributed by atoms with E-state index in [4.69, 9.17) is 5.11 Å². The number of carboxylic acids is 1. The fraction of sp³-hybridized carbons (Fsp3) is 0.227. The Morgan fingerprint density at radius 3 is 2.18 bits per heavy atom. The van der Waals surface area contributed by atoms with Gasteiger partial charge in [0.05, 0.1) is 22.4 Å². The van der Waals surface area contributed by atoms with Crippen LogP contribution in [0.15, 0.2) is 48.5 Å². The van der Waals surface area contributed by atoms with Crippen molar-refractivity contribution in [3.63, 3.8) is 0 Å². The molecule has 2 N–H and O–H groups in total. The molecule has 0 aliphatic carbocycles. The van der Waals surface area contributed by atoms with Crippen molar-refractivity contribution in [3.8, 4) is 0 Å². The molecular weight excluding hydrogens is 468 g/mol. The van der Waals surface area contributed by atoms with Gasteiger partial charge in [0.25, 0.3) is 5.91 Å². The Kier molecular flexibility index (Phi) is 6.71. The molecule has 0 unspecified atom stereocenters. The Labute approximate surface area is 188 Å². The molecule has 0 aliphatic heterocycles. The highest BCUT2D eigenvalue weighted by Gasteiger charge is 2.41. The number of carbonyl (C=O) groups is 2. The molecule has 2 aromatic carbocycles. The van der Waals surface area contributed by atoms with Crippen LogP contribution in [0.2, 0.25) is 0 Å². The monoisotopic (exact) mass is 485 g/mol. The van der Waals surface area contributed by atoms with Crippen LogP contribution in [-0.4, -0.2) is 26.8 Å². The molecule has 0 aliphatic rings. The van der Waals surface area contributed by atoms with Crippen LogP contribution in [0, 0.1) is 0 Å². The van der Waals surface area contributed by atoms with Crippen LogP contribution in [0.1, 0.15) is 48.8 Å². The maximum atomic E-state index is 13.7. The van der Waals surface area contributed by atoms with Gasteiger partial charge < -0.3 is 10.4 Å². The molecule has 180 valence electrons. The van der Waals surface area contributed by atoms with Crippen LogP contribution in [0.5, 0.6) is 0 Å². The molecule has 0 atom stereocenters. The summed E-state index contributed by atoms with van der Waals surface area (Å²) in [5.74, 6) is -2.29. The molecule has 0 bridgehead atoms. The Balaban J connectivity index is 1.92. The van der Waals surface area contributed by atoms with Crippen molar-refractivity contribution >= 4 is 11.9 Å². The third kappa shape index (κ3) is 5.56. The second-order valence-electron chi connectivity index (χ2n) is 7.35. The first-order valence-electron chi connectivity index (χ1n) is 9.67. The number of benzene rings is 2. The van der Waals surface area contributed by atoms with Gasteiger partial charge in [-0.15, -0.1) is 0 Å². The smallest absolute Gasteiger partial charge is 0.433 e. The first-order chi connectivity index (χ1) is 15.8. The number of hydrogen-bond donors (Lipinski definition) is 2. The first kappa shape index (κ1) is 24.8. The van der Waals surface area contributed by atoms with Gasteiger partial charge in [0, 0.05) is 20.0 Å². The van der Waals surface area contributed by atoms with Crippen molar-refractivity contribution in [2.24, 2.45) is 7.05 Å². The topological polar surface area (TPSA) is 84.2 Å². The largest absolute Gasteiger partial charge is 0.478 e. The standard InChI is InChI=1S/C22H17F6N3O3/c1-31-18(22(26,27)28)17(19(32)29-11-12-5-7-14(8-6-12)20(33)34)16(30-31)10-13-3-2-4-15(9-13)21(23,24)25/h2-9H,10-11H2,1H3,(H,29,32)(H,33,34). The zero-order chi connectivity index (χ0) is 25.3. The zero-order valence-electron chi connectivity index (χ0n) is 17.5. The number of aryl methyl sites for hydroxylation is 1. The lowest BCUT2D eigenvalue weighted by Crippen LogP contribution is -2.27. The summed E-state index contributed by atoms with van der Waals surface area (Å²) in [7, 11) is 0.986. The molecule has 1 aromatic heterocycles. The number of nitrogens with zero attached hydrogens (tertiary/aromatic N) is 2. The zero-order valence-corrected chi connectivity index (χ0v) is 17.5. The summed E-state index contributed by atoms with van der Waals surface area (Å²) in [4.78, 5) is 23.7. The predicted octanol–water partition coefficient (Wildman–Crippen LogP) is 4.68. The minimum atomic E-state index is -4.95. The van der Waals surface area contributed by atoms with E-state index in [0.717, 1.165) is 25.2 Å². The normalized spacial score (nSPS) is 12.0. The predicted molar refractivity (Wildman–Crippen MR) is 107 cm³/mol. The van der Waals surface area contributed by atoms with Crippen LogP contribution < -0.4 is 5.32 Å². The second-order valence-corrected chi connectivity index (χ2v) is 7.35. The third-order valence-corrected chi connectivity index (χ3v) is 4.90. The lowest BCUT2D eigenvalue weighted by molar-refractivity contribution is -0.144. The van der Waals surface area contributed by atoms with Crippen LogP contribution >= 0.6 is 0 Å². The highest BCUT2D eigenvalue weighted by molar-refractivity contribution is 5.97. The third-order valence-electron chi connectivity index (χ3n) is 4.90. The molecule has 12 heteroatoms. The number of aromatic carboxylic acids is 1. The lowest BCUT2D eigenvalue weighted by atomic mass is 10.0. The minimum absolute atomic E-state index is 0.00920. The average molecular weight is 485 g/mol. The summed E-state index contributed by atoms with van der Waals surface area (Å²) in [6, 6.07) is 9.35. The Bertz CT molecular complexity index is 1210. The minimum Gasteiger partial charge on any atom is -0.478 e. The highest BCUT2D eigenvalue weighted by Crippen LogP contribution is 2.35.